The van der Waals surface area contributed by atoms with Gasteiger partial charge in [0.1, 0.15) is 0 Å². The molecule has 0 fully saturated rings. The van der Waals surface area contributed by atoms with Crippen molar-refractivity contribution in [3.63, 3.8) is 0 Å². The normalized spacial score (nSPS) is 11.8. The molecule has 7 heteroatoms. The minimum absolute atomic E-state index is 0.786. The molecule has 0 aliphatic heterocycles. The number of pyridine rings is 2. The number of aromatic nitrogens is 2. The van der Waals surface area contributed by atoms with Crippen LogP contribution >= 0.6 is 54.9 Å². The fourth-order valence-corrected chi connectivity index (χ4v) is 15.5. The van der Waals surface area contributed by atoms with Gasteiger partial charge in [0, 0.05) is 83.5 Å². The Kier molecular flexibility index (Phi) is 11.6. The monoisotopic (exact) mass is 1140 g/mol. The second-order valence-corrected chi connectivity index (χ2v) is 23.9. The van der Waals surface area contributed by atoms with Gasteiger partial charge in [0.25, 0.3) is 0 Å². The number of hydrogen-bond acceptors (Lipinski definition) is 3. The van der Waals surface area contributed by atoms with Crippen molar-refractivity contribution in [1.82, 2.24) is 9.97 Å². The molecule has 0 aliphatic carbocycles. The first kappa shape index (κ1) is 45.5. The topological polar surface area (TPSA) is 42.9 Å². The van der Waals surface area contributed by atoms with Gasteiger partial charge in [0.15, 0.2) is 7.14 Å². The predicted octanol–water partition coefficient (Wildman–Crippen LogP) is 18.6. The Hall–Kier alpha value is -7.31. The van der Waals surface area contributed by atoms with Gasteiger partial charge >= 0.3 is 0 Å². The van der Waals surface area contributed by atoms with Crippen molar-refractivity contribution in [1.29, 1.82) is 0 Å². The zero-order valence-corrected chi connectivity index (χ0v) is 44.6. The molecule has 14 rings (SSSR count). The molecule has 0 bridgehead atoms. The van der Waals surface area contributed by atoms with Gasteiger partial charge in [-0.3, -0.25) is 0 Å². The van der Waals surface area contributed by atoms with E-state index in [1.807, 2.05) is 66.7 Å². The average Bonchev–Trinajstić information content (AvgIpc) is 3.43. The van der Waals surface area contributed by atoms with Crippen molar-refractivity contribution in [3.8, 4) is 22.3 Å². The van der Waals surface area contributed by atoms with Gasteiger partial charge in [0.2, 0.25) is 0 Å². The lowest BCUT2D eigenvalue weighted by atomic mass is 9.92. The second-order valence-electron chi connectivity index (χ2n) is 18.3. The summed E-state index contributed by atoms with van der Waals surface area (Å²) in [5, 5.41) is 16.2. The van der Waals surface area contributed by atoms with Gasteiger partial charge in [-0.25, -0.2) is 9.97 Å². The zero-order chi connectivity index (χ0) is 49.2. The molecule has 0 atom stereocenters. The van der Waals surface area contributed by atoms with Crippen LogP contribution in [0.1, 0.15) is 0 Å². The van der Waals surface area contributed by atoms with Crippen molar-refractivity contribution >= 4 is 158 Å². The van der Waals surface area contributed by atoms with Crippen LogP contribution in [0.25, 0.3) is 109 Å². The quantitative estimate of drug-likeness (QED) is 0.0980. The lowest BCUT2D eigenvalue weighted by Gasteiger charge is -2.22. The number of rotatable bonds is 5. The maximum Gasteiger partial charge on any atom is 0.171 e. The molecule has 0 amide bonds. The molecule has 0 saturated carbocycles. The van der Waals surface area contributed by atoms with Crippen molar-refractivity contribution < 1.29 is 4.57 Å². The van der Waals surface area contributed by atoms with Crippen LogP contribution in [0.15, 0.2) is 256 Å². The summed E-state index contributed by atoms with van der Waals surface area (Å²) in [6.07, 6.45) is 0. The molecule has 0 spiro atoms. The Bertz CT molecular complexity index is 4330. The van der Waals surface area contributed by atoms with Gasteiger partial charge in [-0.2, -0.15) is 0 Å². The highest BCUT2D eigenvalue weighted by atomic mass is 79.9. The van der Waals surface area contributed by atoms with Gasteiger partial charge in [-0.05, 0) is 69.1 Å². The highest BCUT2D eigenvalue weighted by molar-refractivity contribution is 9.11. The molecule has 0 unspecified atom stereocenters. The van der Waals surface area contributed by atoms with Crippen LogP contribution in [-0.2, 0) is 4.57 Å². The number of halogens is 3. The van der Waals surface area contributed by atoms with E-state index in [4.69, 9.17) is 9.97 Å². The average molecular weight is 1150 g/mol. The lowest BCUT2D eigenvalue weighted by Crippen LogP contribution is -2.25. The van der Waals surface area contributed by atoms with E-state index in [0.29, 0.717) is 0 Å². The molecule has 73 heavy (non-hydrogen) atoms. The Labute approximate surface area is 447 Å². The Morgan fingerprint density at radius 1 is 0.274 bits per heavy atom. The van der Waals surface area contributed by atoms with E-state index in [1.165, 1.54) is 43.4 Å². The van der Waals surface area contributed by atoms with Crippen molar-refractivity contribution in [2.24, 2.45) is 0 Å². The zero-order valence-electron chi connectivity index (χ0n) is 39.0. The SMILES string of the molecule is Brc1cc(Br)cc(-c2c3ccc4ccccc4c3nc3c2ccc2ccccc23)c1.O=P(c1ccccc1)(c1ccccc1)c1cc(Br)cc(-c2c3ccc4ccccc4c3nc3c2ccc2ccccc23)c1. The van der Waals surface area contributed by atoms with Crippen molar-refractivity contribution in [2.75, 3.05) is 0 Å². The summed E-state index contributed by atoms with van der Waals surface area (Å²) in [5.74, 6) is 0. The molecular formula is C66H40Br3N2OP. The molecular weight excluding hydrogens is 1110 g/mol. The van der Waals surface area contributed by atoms with E-state index in [9.17, 15) is 0 Å². The third-order valence-corrected chi connectivity index (χ3v) is 18.5. The van der Waals surface area contributed by atoms with E-state index in [-0.39, 0.29) is 0 Å². The van der Waals surface area contributed by atoms with Crippen LogP contribution in [-0.4, -0.2) is 9.97 Å². The molecule has 0 radical (unpaired) electrons. The van der Waals surface area contributed by atoms with E-state index in [1.54, 1.807) is 0 Å². The summed E-state index contributed by atoms with van der Waals surface area (Å²) in [4.78, 5) is 10.6. The highest BCUT2D eigenvalue weighted by Gasteiger charge is 2.31. The molecule has 0 saturated heterocycles. The van der Waals surface area contributed by atoms with Gasteiger partial charge in [-0.1, -0.05) is 254 Å². The maximum atomic E-state index is 15.4. The third kappa shape index (κ3) is 7.96. The summed E-state index contributed by atoms with van der Waals surface area (Å²) in [7, 11) is -3.20. The first-order valence-electron chi connectivity index (χ1n) is 24.1. The number of fused-ring (bicyclic) bond motifs is 12. The minimum atomic E-state index is -3.20. The van der Waals surface area contributed by atoms with Crippen LogP contribution in [0.4, 0.5) is 0 Å². The van der Waals surface area contributed by atoms with Crippen LogP contribution < -0.4 is 15.9 Å². The molecule has 12 aromatic carbocycles. The van der Waals surface area contributed by atoms with E-state index < -0.39 is 7.14 Å². The largest absolute Gasteiger partial charge is 0.309 e. The Balaban J connectivity index is 0.000000151. The summed E-state index contributed by atoms with van der Waals surface area (Å²) < 4.78 is 18.4. The Morgan fingerprint density at radius 2 is 0.575 bits per heavy atom. The molecule has 2 heterocycles. The summed E-state index contributed by atoms with van der Waals surface area (Å²) in [6.45, 7) is 0. The predicted molar refractivity (Wildman–Crippen MR) is 322 cm³/mol. The molecule has 0 N–H and O–H groups in total. The second kappa shape index (κ2) is 18.6. The third-order valence-electron chi connectivity index (χ3n) is 14.1. The van der Waals surface area contributed by atoms with Crippen molar-refractivity contribution in [2.45, 2.75) is 0 Å². The minimum Gasteiger partial charge on any atom is -0.309 e. The van der Waals surface area contributed by atoms with Crippen LogP contribution in [0.5, 0.6) is 0 Å². The first-order chi connectivity index (χ1) is 35.8. The molecule has 346 valence electrons. The summed E-state index contributed by atoms with van der Waals surface area (Å²) in [5.41, 5.74) is 8.49. The molecule has 0 aliphatic rings. The fraction of sp³-hybridized carbons (Fsp3) is 0. The number of nitrogens with zero attached hydrogens (tertiary/aromatic N) is 2. The van der Waals surface area contributed by atoms with Gasteiger partial charge < -0.3 is 4.57 Å². The number of hydrogen-bond donors (Lipinski definition) is 0. The lowest BCUT2D eigenvalue weighted by molar-refractivity contribution is 0.592. The smallest absolute Gasteiger partial charge is 0.171 e. The first-order valence-corrected chi connectivity index (χ1v) is 28.1. The van der Waals surface area contributed by atoms with E-state index in [0.717, 1.165) is 94.8 Å². The van der Waals surface area contributed by atoms with Crippen LogP contribution in [0.2, 0.25) is 0 Å². The molecule has 2 aromatic heterocycles. The van der Waals surface area contributed by atoms with E-state index in [2.05, 4.69) is 224 Å². The van der Waals surface area contributed by atoms with Crippen molar-refractivity contribution in [3.05, 3.63) is 256 Å². The van der Waals surface area contributed by atoms with Gasteiger partial charge in [0.05, 0.1) is 22.1 Å². The standard InChI is InChI=1S/C39H25BrNOP.C27H15Br2N/c40-29-23-28(24-32(25-29)43(42,30-13-3-1-4-14-30)31-15-5-2-6-16-31)37-35-21-19-26-11-7-9-17-33(26)38(35)41-39-34-18-10-8-12-27(34)20-22-36(37)39;28-19-13-18(14-20(29)15-19)25-23-11-9-16-5-1-3-7-21(16)26(23)30-27-22-8-4-2-6-17(22)10-12-24(25)27/h1-25H;1-15H. The Morgan fingerprint density at radius 3 is 0.932 bits per heavy atom. The van der Waals surface area contributed by atoms with Crippen LogP contribution in [0.3, 0.4) is 0 Å². The maximum absolute atomic E-state index is 15.4. The van der Waals surface area contributed by atoms with E-state index >= 15 is 4.57 Å². The fourth-order valence-electron chi connectivity index (χ4n) is 10.8. The molecule has 14 aromatic rings. The number of benzene rings is 12. The molecule has 3 nitrogen and oxygen atoms in total. The van der Waals surface area contributed by atoms with Gasteiger partial charge in [-0.15, -0.1) is 0 Å². The summed E-state index contributed by atoms with van der Waals surface area (Å²) in [6, 6.07) is 83.8. The highest BCUT2D eigenvalue weighted by Crippen LogP contribution is 2.47. The van der Waals surface area contributed by atoms with Crippen LogP contribution in [0, 0.1) is 0 Å². The summed E-state index contributed by atoms with van der Waals surface area (Å²) >= 11 is 11.2.